The van der Waals surface area contributed by atoms with Crippen LogP contribution in [-0.4, -0.2) is 17.7 Å². The van der Waals surface area contributed by atoms with Gasteiger partial charge in [0.2, 0.25) is 0 Å². The van der Waals surface area contributed by atoms with Gasteiger partial charge in [0.25, 0.3) is 0 Å². The number of Topliss-reactive ketones (excluding diaryl/α,β-unsaturated/α-hetero) is 1. The molecule has 0 atom stereocenters. The quantitative estimate of drug-likeness (QED) is 0.108. The van der Waals surface area contributed by atoms with Gasteiger partial charge in [-0.1, -0.05) is 61.7 Å². The molecular formula is C35H27F3O5. The van der Waals surface area contributed by atoms with Gasteiger partial charge in [-0.05, 0) is 71.3 Å². The minimum atomic E-state index is -1.42. The number of carbonyl (C=O) groups excluding carboxylic acids is 3. The van der Waals surface area contributed by atoms with Crippen molar-refractivity contribution in [2.24, 2.45) is 0 Å². The summed E-state index contributed by atoms with van der Waals surface area (Å²) in [5.74, 6) is -5.27. The molecule has 5 nitrogen and oxygen atoms in total. The van der Waals surface area contributed by atoms with Crippen molar-refractivity contribution < 1.29 is 37.0 Å². The number of fused-ring (bicyclic) bond motifs is 1. The third-order valence-electron chi connectivity index (χ3n) is 6.53. The molecule has 4 aromatic carbocycles. The van der Waals surface area contributed by atoms with E-state index in [1.165, 1.54) is 25.1 Å². The smallest absolute Gasteiger partial charge is 0.336 e. The molecule has 218 valence electrons. The lowest BCUT2D eigenvalue weighted by molar-refractivity contribution is -0.140. The first-order valence-corrected chi connectivity index (χ1v) is 13.1. The van der Waals surface area contributed by atoms with Crippen LogP contribution in [0.2, 0.25) is 0 Å². The number of rotatable bonds is 10. The van der Waals surface area contributed by atoms with Crippen molar-refractivity contribution in [3.63, 3.8) is 0 Å². The average molecular weight is 585 g/mol. The predicted molar refractivity (Wildman–Crippen MR) is 159 cm³/mol. The first-order valence-electron chi connectivity index (χ1n) is 13.1. The number of ketones is 1. The fourth-order valence-corrected chi connectivity index (χ4v) is 4.12. The molecule has 0 radical (unpaired) electrons. The molecule has 0 amide bonds. The lowest BCUT2D eigenvalue weighted by Crippen LogP contribution is -2.07. The fraction of sp³-hybridized carbons (Fsp3) is 0.114. The number of allylic oxidation sites excluding steroid dienone is 1. The maximum absolute atomic E-state index is 15.1. The molecule has 4 aromatic rings. The summed E-state index contributed by atoms with van der Waals surface area (Å²) in [5.41, 5.74) is 2.71. The van der Waals surface area contributed by atoms with Gasteiger partial charge in [-0.25, -0.2) is 22.8 Å². The molecule has 43 heavy (non-hydrogen) atoms. The Morgan fingerprint density at radius 1 is 0.791 bits per heavy atom. The Morgan fingerprint density at radius 3 is 2.02 bits per heavy atom. The Kier molecular flexibility index (Phi) is 9.40. The van der Waals surface area contributed by atoms with E-state index in [1.807, 2.05) is 24.3 Å². The molecule has 4 rings (SSSR count). The van der Waals surface area contributed by atoms with Gasteiger partial charge >= 0.3 is 11.9 Å². The van der Waals surface area contributed by atoms with Crippen LogP contribution >= 0.6 is 0 Å². The molecule has 0 bridgehead atoms. The Bertz CT molecular complexity index is 1790. The Hall–Kier alpha value is -5.24. The van der Waals surface area contributed by atoms with Gasteiger partial charge in [-0.15, -0.1) is 0 Å². The predicted octanol–water partition coefficient (Wildman–Crippen LogP) is 7.85. The van der Waals surface area contributed by atoms with Crippen molar-refractivity contribution in [3.8, 4) is 16.9 Å². The van der Waals surface area contributed by atoms with Gasteiger partial charge in [0.05, 0.1) is 5.39 Å². The molecule has 0 spiro atoms. The first kappa shape index (κ1) is 30.7. The monoisotopic (exact) mass is 584 g/mol. The van der Waals surface area contributed by atoms with Crippen LogP contribution in [0.5, 0.6) is 5.75 Å². The fourth-order valence-electron chi connectivity index (χ4n) is 4.12. The van der Waals surface area contributed by atoms with Gasteiger partial charge in [0.15, 0.2) is 17.4 Å². The van der Waals surface area contributed by atoms with E-state index >= 15 is 4.39 Å². The minimum Gasteiger partial charge on any atom is -0.457 e. The molecule has 0 saturated carbocycles. The maximum Gasteiger partial charge on any atom is 0.336 e. The Morgan fingerprint density at radius 2 is 1.42 bits per heavy atom. The van der Waals surface area contributed by atoms with Crippen LogP contribution < -0.4 is 4.74 Å². The second-order valence-corrected chi connectivity index (χ2v) is 9.94. The third-order valence-corrected chi connectivity index (χ3v) is 6.53. The largest absolute Gasteiger partial charge is 0.457 e. The molecular weight excluding hydrogens is 557 g/mol. The van der Waals surface area contributed by atoms with Crippen molar-refractivity contribution >= 4 is 34.6 Å². The Labute approximate surface area is 246 Å². The molecule has 0 N–H and O–H groups in total. The summed E-state index contributed by atoms with van der Waals surface area (Å²) in [7, 11) is 0. The van der Waals surface area contributed by atoms with E-state index in [0.29, 0.717) is 5.57 Å². The molecule has 0 aliphatic rings. The van der Waals surface area contributed by atoms with Crippen LogP contribution in [0.3, 0.4) is 0 Å². The first-order chi connectivity index (χ1) is 20.4. The molecule has 0 saturated heterocycles. The van der Waals surface area contributed by atoms with Crippen molar-refractivity contribution in [3.05, 3.63) is 131 Å². The topological polar surface area (TPSA) is 69.7 Å². The molecule has 8 heteroatoms. The second kappa shape index (κ2) is 13.2. The molecule has 0 aromatic heterocycles. The average Bonchev–Trinajstić information content (AvgIpc) is 2.98. The lowest BCUT2D eigenvalue weighted by atomic mass is 9.98. The highest BCUT2D eigenvalue weighted by molar-refractivity contribution is 5.97. The van der Waals surface area contributed by atoms with Crippen molar-refractivity contribution in [1.29, 1.82) is 0 Å². The number of halogens is 3. The molecule has 0 heterocycles. The van der Waals surface area contributed by atoms with E-state index in [1.54, 1.807) is 31.2 Å². The van der Waals surface area contributed by atoms with Crippen LogP contribution in [-0.2, 0) is 32.1 Å². The van der Waals surface area contributed by atoms with Crippen LogP contribution in [0.1, 0.15) is 30.5 Å². The summed E-state index contributed by atoms with van der Waals surface area (Å²) in [6.07, 6.45) is 1.69. The number of hydrogen-bond acceptors (Lipinski definition) is 5. The Balaban J connectivity index is 1.42. The van der Waals surface area contributed by atoms with E-state index in [-0.39, 0.29) is 34.4 Å². The highest BCUT2D eigenvalue weighted by Crippen LogP contribution is 2.29. The van der Waals surface area contributed by atoms with Crippen LogP contribution in [0.4, 0.5) is 13.2 Å². The van der Waals surface area contributed by atoms with Crippen LogP contribution in [0, 0.1) is 17.5 Å². The van der Waals surface area contributed by atoms with Crippen LogP contribution in [0.25, 0.3) is 28.0 Å². The number of benzene rings is 4. The van der Waals surface area contributed by atoms with Gasteiger partial charge in [-0.2, -0.15) is 0 Å². The molecule has 0 aliphatic heterocycles. The molecule has 0 fully saturated rings. The number of carbonyl (C=O) groups is 3. The van der Waals surface area contributed by atoms with E-state index in [0.717, 1.165) is 28.8 Å². The van der Waals surface area contributed by atoms with Crippen LogP contribution in [0.15, 0.2) is 97.1 Å². The van der Waals surface area contributed by atoms with E-state index in [9.17, 15) is 23.2 Å². The molecule has 0 unspecified atom stereocenters. The summed E-state index contributed by atoms with van der Waals surface area (Å²) in [6, 6.07) is 18.0. The van der Waals surface area contributed by atoms with E-state index in [4.69, 9.17) is 9.47 Å². The highest BCUT2D eigenvalue weighted by atomic mass is 19.2. The summed E-state index contributed by atoms with van der Waals surface area (Å²) in [5, 5.41) is -0.516. The summed E-state index contributed by atoms with van der Waals surface area (Å²) in [4.78, 5) is 35.9. The zero-order chi connectivity index (χ0) is 31.3. The second-order valence-electron chi connectivity index (χ2n) is 9.94. The normalized spacial score (nSPS) is 11.0. The zero-order valence-corrected chi connectivity index (χ0v) is 23.5. The maximum atomic E-state index is 15.1. The third kappa shape index (κ3) is 7.35. The van der Waals surface area contributed by atoms with Gasteiger partial charge < -0.3 is 9.47 Å². The summed E-state index contributed by atoms with van der Waals surface area (Å²) >= 11 is 0. The summed E-state index contributed by atoms with van der Waals surface area (Å²) in [6.45, 7) is 10.2. The van der Waals surface area contributed by atoms with E-state index in [2.05, 4.69) is 13.2 Å². The SMILES string of the molecule is C=C(C)C(=O)Cc1cc2ccc(/C=C/C(=O)Oc3ccc(-c4ccc(COC(=O)C(=C)C)cc4)cc3)c(F)c2c(F)c1F. The number of ether oxygens (including phenoxy) is 2. The molecule has 0 aliphatic carbocycles. The van der Waals surface area contributed by atoms with Crippen molar-refractivity contribution in [2.75, 3.05) is 0 Å². The van der Waals surface area contributed by atoms with Crippen molar-refractivity contribution in [1.82, 2.24) is 0 Å². The van der Waals surface area contributed by atoms with E-state index < -0.39 is 47.0 Å². The highest BCUT2D eigenvalue weighted by Gasteiger charge is 2.20. The minimum absolute atomic E-state index is 0.0709. The number of hydrogen-bond donors (Lipinski definition) is 0. The van der Waals surface area contributed by atoms with Crippen molar-refractivity contribution in [2.45, 2.75) is 26.9 Å². The zero-order valence-electron chi connectivity index (χ0n) is 23.5. The van der Waals surface area contributed by atoms with Gasteiger partial charge in [0, 0.05) is 23.6 Å². The standard InChI is InChI=1S/C35H27F3O5/c1-20(2)29(39)18-27-17-26-10-9-25(32(36)31(26)34(38)33(27)37)13-16-30(40)43-28-14-11-24(12-15-28)23-7-5-22(6-8-23)19-42-35(41)21(3)4/h5-17H,1,3,18-19H2,2,4H3/b16-13+. The van der Waals surface area contributed by atoms with Gasteiger partial charge in [0.1, 0.15) is 18.2 Å². The summed E-state index contributed by atoms with van der Waals surface area (Å²) < 4.78 is 55.0. The number of esters is 2. The lowest BCUT2D eigenvalue weighted by Gasteiger charge is -2.10. The van der Waals surface area contributed by atoms with Gasteiger partial charge in [-0.3, -0.25) is 4.79 Å².